The molecule has 156 valence electrons. The number of halogens is 1. The maximum Gasteiger partial charge on any atom is 0.285 e. The minimum absolute atomic E-state index is 0.00963. The molecule has 8 nitrogen and oxygen atoms in total. The number of piperazine rings is 1. The van der Waals surface area contributed by atoms with Crippen LogP contribution in [0.5, 0.6) is 0 Å². The Labute approximate surface area is 173 Å². The van der Waals surface area contributed by atoms with Crippen LogP contribution in [0, 0.1) is 31.0 Å². The van der Waals surface area contributed by atoms with Gasteiger partial charge in [0, 0.05) is 31.7 Å². The number of benzene rings is 1. The van der Waals surface area contributed by atoms with Crippen molar-refractivity contribution >= 4 is 17.4 Å². The number of nitrogens with zero attached hydrogens (tertiary/aromatic N) is 5. The van der Waals surface area contributed by atoms with E-state index in [1.54, 1.807) is 30.9 Å². The van der Waals surface area contributed by atoms with Crippen LogP contribution < -0.4 is 10.5 Å². The molecule has 1 aromatic heterocycles. The predicted molar refractivity (Wildman–Crippen MR) is 108 cm³/mol. The average Bonchev–Trinajstić information content (AvgIpc) is 2.72. The van der Waals surface area contributed by atoms with E-state index >= 15 is 0 Å². The molecule has 1 amide bonds. The van der Waals surface area contributed by atoms with Crippen LogP contribution in [0.2, 0.25) is 0 Å². The van der Waals surface area contributed by atoms with E-state index in [0.717, 1.165) is 4.68 Å². The van der Waals surface area contributed by atoms with Gasteiger partial charge in [-0.1, -0.05) is 0 Å². The standard InChI is InChI=1S/C21H22FN5O3/c1-13-14(2)24-27(21(30)17(13)11-23)12-20(29)26-8-6-25(7-9-26)19-5-4-16(15(3)28)10-18(19)22/h4-5,10H,6-9,12H2,1-3H3. The van der Waals surface area contributed by atoms with E-state index in [9.17, 15) is 24.0 Å². The van der Waals surface area contributed by atoms with Crippen molar-refractivity contribution in [1.82, 2.24) is 14.7 Å². The van der Waals surface area contributed by atoms with Crippen LogP contribution >= 0.6 is 0 Å². The normalized spacial score (nSPS) is 13.8. The lowest BCUT2D eigenvalue weighted by atomic mass is 10.1. The Hall–Kier alpha value is -3.54. The van der Waals surface area contributed by atoms with Crippen LogP contribution in [0.3, 0.4) is 0 Å². The molecule has 1 aliphatic heterocycles. The number of aromatic nitrogens is 2. The first-order valence-electron chi connectivity index (χ1n) is 9.54. The molecule has 0 N–H and O–H groups in total. The summed E-state index contributed by atoms with van der Waals surface area (Å²) in [5.41, 5.74) is 1.14. The summed E-state index contributed by atoms with van der Waals surface area (Å²) in [7, 11) is 0. The molecule has 0 radical (unpaired) electrons. The lowest BCUT2D eigenvalue weighted by molar-refractivity contribution is -0.132. The van der Waals surface area contributed by atoms with E-state index in [4.69, 9.17) is 0 Å². The fourth-order valence-corrected chi connectivity index (χ4v) is 3.42. The number of carbonyl (C=O) groups is 2. The SMILES string of the molecule is CC(=O)c1ccc(N2CCN(C(=O)Cn3nc(C)c(C)c(C#N)c3=O)CC2)c(F)c1. The van der Waals surface area contributed by atoms with Gasteiger partial charge in [0.15, 0.2) is 5.78 Å². The molecule has 0 unspecified atom stereocenters. The Morgan fingerprint density at radius 2 is 1.87 bits per heavy atom. The highest BCUT2D eigenvalue weighted by Gasteiger charge is 2.24. The zero-order chi connectivity index (χ0) is 22.0. The van der Waals surface area contributed by atoms with Crippen LogP contribution in [0.1, 0.15) is 34.1 Å². The van der Waals surface area contributed by atoms with Crippen molar-refractivity contribution in [3.05, 3.63) is 56.8 Å². The maximum absolute atomic E-state index is 14.4. The third kappa shape index (κ3) is 4.08. The molecule has 0 bridgehead atoms. The lowest BCUT2D eigenvalue weighted by Crippen LogP contribution is -2.50. The van der Waals surface area contributed by atoms with Crippen LogP contribution in [0.4, 0.5) is 10.1 Å². The van der Waals surface area contributed by atoms with Crippen molar-refractivity contribution in [3.8, 4) is 6.07 Å². The fraction of sp³-hybridized carbons (Fsp3) is 0.381. The summed E-state index contributed by atoms with van der Waals surface area (Å²) < 4.78 is 15.4. The number of anilines is 1. The van der Waals surface area contributed by atoms with Gasteiger partial charge >= 0.3 is 0 Å². The topological polar surface area (TPSA) is 99.3 Å². The minimum atomic E-state index is -0.583. The lowest BCUT2D eigenvalue weighted by Gasteiger charge is -2.36. The molecule has 0 aliphatic carbocycles. The molecular weight excluding hydrogens is 389 g/mol. The van der Waals surface area contributed by atoms with Crippen LogP contribution in [-0.4, -0.2) is 52.5 Å². The average molecular weight is 411 g/mol. The molecule has 0 spiro atoms. The monoisotopic (exact) mass is 411 g/mol. The van der Waals surface area contributed by atoms with Crippen molar-refractivity contribution in [2.24, 2.45) is 0 Å². The van der Waals surface area contributed by atoms with E-state index in [-0.39, 0.29) is 23.8 Å². The molecule has 0 atom stereocenters. The number of rotatable bonds is 4. The van der Waals surface area contributed by atoms with E-state index in [2.05, 4.69) is 5.10 Å². The molecule has 1 aromatic carbocycles. The zero-order valence-corrected chi connectivity index (χ0v) is 17.1. The number of Topliss-reactive ketones (excluding diaryl/α,β-unsaturated/α-hetero) is 1. The summed E-state index contributed by atoms with van der Waals surface area (Å²) in [5, 5.41) is 13.3. The van der Waals surface area contributed by atoms with Gasteiger partial charge in [0.05, 0.1) is 11.4 Å². The fourth-order valence-electron chi connectivity index (χ4n) is 3.42. The quantitative estimate of drug-likeness (QED) is 0.706. The second kappa shape index (κ2) is 8.45. The van der Waals surface area contributed by atoms with E-state index in [1.807, 2.05) is 11.0 Å². The molecular formula is C21H22FN5O3. The van der Waals surface area contributed by atoms with E-state index in [1.165, 1.54) is 13.0 Å². The molecule has 0 saturated carbocycles. The maximum atomic E-state index is 14.4. The molecule has 1 saturated heterocycles. The van der Waals surface area contributed by atoms with Crippen molar-refractivity contribution in [1.29, 1.82) is 5.26 Å². The summed E-state index contributed by atoms with van der Waals surface area (Å²) in [4.78, 5) is 39.8. The van der Waals surface area contributed by atoms with Crippen molar-refractivity contribution < 1.29 is 14.0 Å². The van der Waals surface area contributed by atoms with Gasteiger partial charge in [-0.15, -0.1) is 0 Å². The summed E-state index contributed by atoms with van der Waals surface area (Å²) in [6, 6.07) is 6.26. The molecule has 1 fully saturated rings. The number of hydrogen-bond donors (Lipinski definition) is 0. The van der Waals surface area contributed by atoms with Crippen molar-refractivity contribution in [3.63, 3.8) is 0 Å². The van der Waals surface area contributed by atoms with E-state index in [0.29, 0.717) is 48.7 Å². The number of amides is 1. The highest BCUT2D eigenvalue weighted by molar-refractivity contribution is 5.94. The Balaban J connectivity index is 1.68. The van der Waals surface area contributed by atoms with Gasteiger partial charge in [-0.3, -0.25) is 14.4 Å². The number of carbonyl (C=O) groups excluding carboxylic acids is 2. The highest BCUT2D eigenvalue weighted by Crippen LogP contribution is 2.22. The highest BCUT2D eigenvalue weighted by atomic mass is 19.1. The Morgan fingerprint density at radius 3 is 2.43 bits per heavy atom. The summed E-state index contributed by atoms with van der Waals surface area (Å²) in [6.07, 6.45) is 0. The van der Waals surface area contributed by atoms with E-state index < -0.39 is 11.4 Å². The third-order valence-corrected chi connectivity index (χ3v) is 5.36. The van der Waals surface area contributed by atoms with Gasteiger partial charge < -0.3 is 9.80 Å². The van der Waals surface area contributed by atoms with Crippen LogP contribution in [-0.2, 0) is 11.3 Å². The van der Waals surface area contributed by atoms with Gasteiger partial charge in [0.1, 0.15) is 24.0 Å². The number of nitriles is 1. The largest absolute Gasteiger partial charge is 0.366 e. The Morgan fingerprint density at radius 1 is 1.20 bits per heavy atom. The second-order valence-corrected chi connectivity index (χ2v) is 7.25. The van der Waals surface area contributed by atoms with Gasteiger partial charge in [-0.25, -0.2) is 9.07 Å². The number of ketones is 1. The van der Waals surface area contributed by atoms with Crippen LogP contribution in [0.25, 0.3) is 0 Å². The first-order chi connectivity index (χ1) is 14.2. The molecule has 2 aromatic rings. The Kier molecular flexibility index (Phi) is 5.96. The smallest absolute Gasteiger partial charge is 0.285 e. The van der Waals surface area contributed by atoms with Gasteiger partial charge in [-0.05, 0) is 44.5 Å². The van der Waals surface area contributed by atoms with Crippen molar-refractivity contribution in [2.75, 3.05) is 31.1 Å². The number of hydrogen-bond acceptors (Lipinski definition) is 6. The number of aryl methyl sites for hydroxylation is 1. The van der Waals surface area contributed by atoms with Gasteiger partial charge in [0.25, 0.3) is 5.56 Å². The molecule has 3 rings (SSSR count). The third-order valence-electron chi connectivity index (χ3n) is 5.36. The minimum Gasteiger partial charge on any atom is -0.366 e. The molecule has 30 heavy (non-hydrogen) atoms. The first-order valence-corrected chi connectivity index (χ1v) is 9.54. The zero-order valence-electron chi connectivity index (χ0n) is 17.1. The van der Waals surface area contributed by atoms with Crippen molar-refractivity contribution in [2.45, 2.75) is 27.3 Å². The summed E-state index contributed by atoms with van der Waals surface area (Å²) in [6.45, 7) is 6.01. The predicted octanol–water partition coefficient (Wildman–Crippen LogP) is 1.42. The summed E-state index contributed by atoms with van der Waals surface area (Å²) in [5.74, 6) is -0.966. The Bertz CT molecular complexity index is 1110. The first kappa shape index (κ1) is 21.2. The molecule has 9 heteroatoms. The van der Waals surface area contributed by atoms with Crippen LogP contribution in [0.15, 0.2) is 23.0 Å². The van der Waals surface area contributed by atoms with Gasteiger partial charge in [0.2, 0.25) is 5.91 Å². The molecule has 2 heterocycles. The second-order valence-electron chi connectivity index (χ2n) is 7.25. The van der Waals surface area contributed by atoms with Gasteiger partial charge in [-0.2, -0.15) is 10.4 Å². The molecule has 1 aliphatic rings. The summed E-state index contributed by atoms with van der Waals surface area (Å²) >= 11 is 0.